The Labute approximate surface area is 187 Å². The number of ether oxygens (including phenoxy) is 2. The van der Waals surface area contributed by atoms with E-state index in [2.05, 4.69) is 14.7 Å². The van der Waals surface area contributed by atoms with Gasteiger partial charge in [-0.3, -0.25) is 4.79 Å². The molecule has 4 rings (SSSR count). The molecule has 0 spiro atoms. The monoisotopic (exact) mass is 422 g/mol. The molecule has 1 amide bonds. The first-order valence-electron chi connectivity index (χ1n) is 13.9. The van der Waals surface area contributed by atoms with Crippen LogP contribution in [0.3, 0.4) is 0 Å². The van der Waals surface area contributed by atoms with Crippen LogP contribution in [0, 0.1) is 0 Å². The van der Waals surface area contributed by atoms with Crippen LogP contribution >= 0.6 is 0 Å². The number of alkyl halides is 2. The van der Waals surface area contributed by atoms with Gasteiger partial charge in [0.25, 0.3) is 5.91 Å². The second kappa shape index (κ2) is 8.06. The van der Waals surface area contributed by atoms with Gasteiger partial charge < -0.3 is 14.4 Å². The van der Waals surface area contributed by atoms with Gasteiger partial charge in [-0.05, 0) is 41.4 Å². The van der Waals surface area contributed by atoms with E-state index >= 15 is 0 Å². The van der Waals surface area contributed by atoms with E-state index in [4.69, 9.17) is 19.8 Å². The first-order chi connectivity index (χ1) is 18.7. The number of amides is 1. The molecule has 0 fully saturated rings. The molecule has 1 aliphatic rings. The molecule has 0 saturated heterocycles. The Morgan fingerprint density at radius 1 is 1.27 bits per heavy atom. The van der Waals surface area contributed by atoms with Crippen molar-refractivity contribution >= 4 is 5.91 Å². The number of carbonyl (C=O) groups is 1. The number of rotatable bonds is 5. The number of hydrogen-bond acceptors (Lipinski definition) is 5. The normalized spacial score (nSPS) is 21.4. The molecule has 3 aromatic rings. The van der Waals surface area contributed by atoms with Crippen molar-refractivity contribution in [1.29, 1.82) is 0 Å². The number of aromatic nitrogens is 2. The smallest absolute Gasteiger partial charge is 0.394 e. The molecule has 2 heterocycles. The molecule has 154 valence electrons. The van der Waals surface area contributed by atoms with Gasteiger partial charge in [-0.15, -0.1) is 0 Å². The van der Waals surface area contributed by atoms with Gasteiger partial charge in [-0.2, -0.15) is 8.78 Å². The molecule has 1 aromatic heterocycles. The minimum Gasteiger partial charge on any atom is -0.491 e. The highest BCUT2D eigenvalue weighted by Crippen LogP contribution is 2.31. The molecule has 30 heavy (non-hydrogen) atoms. The number of nitrogens with zero attached hydrogens (tertiary/aromatic N) is 3. The lowest BCUT2D eigenvalue weighted by molar-refractivity contribution is -0.158. The molecule has 8 heteroatoms. The summed E-state index contributed by atoms with van der Waals surface area (Å²) in [5.74, 6) is -3.42. The molecule has 1 aliphatic heterocycles. The summed E-state index contributed by atoms with van der Waals surface area (Å²) >= 11 is 0. The Kier molecular flexibility index (Phi) is 2.81. The number of carbonyl (C=O) groups excluding carboxylic acids is 1. The van der Waals surface area contributed by atoms with Crippen molar-refractivity contribution in [3.05, 3.63) is 72.1 Å². The Morgan fingerprint density at radius 2 is 2.00 bits per heavy atom. The highest BCUT2D eigenvalue weighted by molar-refractivity contribution is 5.98. The standard InChI is InChI=1S/C22H19F2N3O3/c1-22(23,24)30-17-6-3-15(4-7-17)16-5-8-19-18(13-16)21(28)27(11-12-29-19)14-20-25-9-2-10-26-20/h2-10,13H,11-12,14H2,1H3/i2D,3D,4D,6D,7D,9D,10D,12D2,14D2. The minimum absolute atomic E-state index is 0.146. The van der Waals surface area contributed by atoms with Crippen LogP contribution in [0.5, 0.6) is 11.5 Å². The maximum atomic E-state index is 13.7. The van der Waals surface area contributed by atoms with E-state index in [-0.39, 0.29) is 11.3 Å². The van der Waals surface area contributed by atoms with Gasteiger partial charge in [0.05, 0.1) is 33.7 Å². The van der Waals surface area contributed by atoms with Gasteiger partial charge in [0, 0.05) is 19.3 Å². The van der Waals surface area contributed by atoms with Crippen molar-refractivity contribution in [1.82, 2.24) is 14.9 Å². The van der Waals surface area contributed by atoms with Crippen LogP contribution in [0.4, 0.5) is 8.78 Å². The van der Waals surface area contributed by atoms with Crippen molar-refractivity contribution < 1.29 is 38.1 Å². The molecule has 2 aromatic carbocycles. The molecule has 0 N–H and O–H groups in total. The van der Waals surface area contributed by atoms with Crippen molar-refractivity contribution in [2.24, 2.45) is 0 Å². The van der Waals surface area contributed by atoms with E-state index in [0.717, 1.165) is 12.1 Å². The van der Waals surface area contributed by atoms with Crippen LogP contribution in [-0.4, -0.2) is 40.0 Å². The van der Waals surface area contributed by atoms with E-state index < -0.39 is 96.9 Å². The average molecular weight is 422 g/mol. The first-order valence-corrected chi connectivity index (χ1v) is 8.40. The van der Waals surface area contributed by atoms with Crippen molar-refractivity contribution in [2.75, 3.05) is 13.1 Å². The number of benzene rings is 2. The molecular formula is C22H19F2N3O3. The fourth-order valence-corrected chi connectivity index (χ4v) is 2.48. The van der Waals surface area contributed by atoms with Crippen LogP contribution in [-0.2, 0) is 6.50 Å². The van der Waals surface area contributed by atoms with Crippen molar-refractivity contribution in [3.8, 4) is 22.6 Å². The minimum atomic E-state index is -3.81. The van der Waals surface area contributed by atoms with Crippen molar-refractivity contribution in [3.63, 3.8) is 0 Å². The first kappa shape index (κ1) is 10.5. The number of hydrogen-bond donors (Lipinski definition) is 0. The third-order valence-corrected chi connectivity index (χ3v) is 3.70. The highest BCUT2D eigenvalue weighted by atomic mass is 19.3. The molecule has 0 saturated carbocycles. The third-order valence-electron chi connectivity index (χ3n) is 3.70. The summed E-state index contributed by atoms with van der Waals surface area (Å²) in [7, 11) is 0. The van der Waals surface area contributed by atoms with Gasteiger partial charge >= 0.3 is 6.11 Å². The topological polar surface area (TPSA) is 64.6 Å². The molecule has 0 bridgehead atoms. The molecule has 6 nitrogen and oxygen atoms in total. The van der Waals surface area contributed by atoms with E-state index in [9.17, 15) is 13.6 Å². The molecule has 0 atom stereocenters. The largest absolute Gasteiger partial charge is 0.491 e. The van der Waals surface area contributed by atoms with Gasteiger partial charge in [0.15, 0.2) is 0 Å². The predicted molar refractivity (Wildman–Crippen MR) is 105 cm³/mol. The molecule has 0 radical (unpaired) electrons. The lowest BCUT2D eigenvalue weighted by atomic mass is 10.0. The fraction of sp³-hybridized carbons (Fsp3) is 0.227. The van der Waals surface area contributed by atoms with Crippen molar-refractivity contribution in [2.45, 2.75) is 19.5 Å². The summed E-state index contributed by atoms with van der Waals surface area (Å²) in [5, 5.41) is 0. The third kappa shape index (κ3) is 4.53. The Hall–Kier alpha value is -3.55. The van der Waals surface area contributed by atoms with Gasteiger partial charge in [0.2, 0.25) is 0 Å². The van der Waals surface area contributed by atoms with E-state index in [1.807, 2.05) is 0 Å². The highest BCUT2D eigenvalue weighted by Gasteiger charge is 2.25. The van der Waals surface area contributed by atoms with Crippen LogP contribution in [0.2, 0.25) is 0 Å². The van der Waals surface area contributed by atoms with Crippen LogP contribution in [0.25, 0.3) is 11.1 Å². The average Bonchev–Trinajstić information content (AvgIpc) is 2.96. The summed E-state index contributed by atoms with van der Waals surface area (Å²) in [6, 6.07) is -0.857. The predicted octanol–water partition coefficient (Wildman–Crippen LogP) is 4.17. The maximum absolute atomic E-state index is 13.7. The van der Waals surface area contributed by atoms with Crippen LogP contribution in [0.15, 0.2) is 60.8 Å². The lowest BCUT2D eigenvalue weighted by Gasteiger charge is -2.19. The van der Waals surface area contributed by atoms with Crippen LogP contribution in [0.1, 0.15) is 38.2 Å². The second-order valence-electron chi connectivity index (χ2n) is 5.97. The molecule has 0 aliphatic carbocycles. The quantitative estimate of drug-likeness (QED) is 0.618. The zero-order chi connectivity index (χ0) is 30.8. The molecule has 0 unspecified atom stereocenters. The zero-order valence-corrected chi connectivity index (χ0v) is 15.3. The Bertz CT molecular complexity index is 1530. The fourth-order valence-electron chi connectivity index (χ4n) is 2.48. The Morgan fingerprint density at radius 3 is 2.70 bits per heavy atom. The van der Waals surface area contributed by atoms with E-state index in [1.165, 1.54) is 6.07 Å². The van der Waals surface area contributed by atoms with E-state index in [1.54, 1.807) is 0 Å². The maximum Gasteiger partial charge on any atom is 0.394 e. The molecular weight excluding hydrogens is 392 g/mol. The van der Waals surface area contributed by atoms with Gasteiger partial charge in [-0.25, -0.2) is 9.97 Å². The summed E-state index contributed by atoms with van der Waals surface area (Å²) in [6.45, 7) is -6.38. The lowest BCUT2D eigenvalue weighted by Crippen LogP contribution is -2.32. The summed E-state index contributed by atoms with van der Waals surface area (Å²) < 4.78 is 126. The summed E-state index contributed by atoms with van der Waals surface area (Å²) in [6.07, 6.45) is -5.41. The summed E-state index contributed by atoms with van der Waals surface area (Å²) in [5.41, 5.74) is -1.04. The Balaban J connectivity index is 1.88. The SMILES string of the molecule is [2H]c1nc(C([2H])([2H])N2CC([2H])([2H])Oc3ccc(-c4c([2H])c([2H])c(OC(C)(F)F)c([2H])c4[2H])cc3C2=O)nc([2H])c1[2H]. The number of fused-ring (bicyclic) bond motifs is 1. The van der Waals surface area contributed by atoms with E-state index in [0.29, 0.717) is 11.8 Å². The summed E-state index contributed by atoms with van der Waals surface area (Å²) in [4.78, 5) is 21.1. The van der Waals surface area contributed by atoms with Gasteiger partial charge in [0.1, 0.15) is 23.9 Å². The number of halogens is 2. The second-order valence-corrected chi connectivity index (χ2v) is 5.97. The van der Waals surface area contributed by atoms with Crippen LogP contribution < -0.4 is 9.47 Å². The van der Waals surface area contributed by atoms with Gasteiger partial charge in [-0.1, -0.05) is 18.2 Å². The zero-order valence-electron chi connectivity index (χ0n) is 26.3.